The maximum atomic E-state index is 13.7. The van der Waals surface area contributed by atoms with Gasteiger partial charge in [0.15, 0.2) is 0 Å². The van der Waals surface area contributed by atoms with Crippen molar-refractivity contribution < 1.29 is 14.3 Å². The van der Waals surface area contributed by atoms with Crippen LogP contribution in [0, 0.1) is 5.82 Å². The average Bonchev–Trinajstić information content (AvgIpc) is 2.34. The van der Waals surface area contributed by atoms with Gasteiger partial charge in [-0.3, -0.25) is 0 Å². The molecule has 0 aliphatic heterocycles. The van der Waals surface area contributed by atoms with Gasteiger partial charge < -0.3 is 5.11 Å². The molecule has 2 rings (SSSR count). The van der Waals surface area contributed by atoms with Crippen molar-refractivity contribution in [2.24, 2.45) is 0 Å². The van der Waals surface area contributed by atoms with Gasteiger partial charge in [0.05, 0.1) is 5.56 Å². The number of rotatable bonds is 3. The molecule has 0 saturated carbocycles. The van der Waals surface area contributed by atoms with E-state index in [2.05, 4.69) is 15.9 Å². The fraction of sp³-hybridized carbons (Fsp3) is 0. The Kier molecular flexibility index (Phi) is 4.04. The SMILES string of the molecule is O=C(O)c1ccc(Sc2ccc(Br)cc2)c(F)c1. The lowest BCUT2D eigenvalue weighted by Crippen LogP contribution is -1.97. The van der Waals surface area contributed by atoms with Gasteiger partial charge in [0.25, 0.3) is 0 Å². The fourth-order valence-electron chi connectivity index (χ4n) is 1.35. The molecule has 0 spiro atoms. The Bertz CT molecular complexity index is 584. The zero-order chi connectivity index (χ0) is 13.1. The molecule has 2 aromatic carbocycles. The number of hydrogen-bond acceptors (Lipinski definition) is 2. The van der Waals surface area contributed by atoms with E-state index in [1.54, 1.807) is 0 Å². The van der Waals surface area contributed by atoms with Crippen molar-refractivity contribution in [2.75, 3.05) is 0 Å². The Labute approximate surface area is 116 Å². The summed E-state index contributed by atoms with van der Waals surface area (Å²) in [6.45, 7) is 0. The van der Waals surface area contributed by atoms with Crippen molar-refractivity contribution in [1.29, 1.82) is 0 Å². The molecule has 0 aliphatic rings. The molecule has 92 valence electrons. The molecule has 0 aliphatic carbocycles. The molecule has 5 heteroatoms. The second kappa shape index (κ2) is 5.54. The van der Waals surface area contributed by atoms with Crippen LogP contribution in [-0.4, -0.2) is 11.1 Å². The third-order valence-electron chi connectivity index (χ3n) is 2.22. The standard InChI is InChI=1S/C13H8BrFO2S/c14-9-2-4-10(5-3-9)18-12-6-1-8(13(16)17)7-11(12)15/h1-7H,(H,16,17). The van der Waals surface area contributed by atoms with Crippen LogP contribution >= 0.6 is 27.7 Å². The minimum Gasteiger partial charge on any atom is -0.478 e. The molecule has 2 nitrogen and oxygen atoms in total. The number of carboxylic acid groups (broad SMARTS) is 1. The number of hydrogen-bond donors (Lipinski definition) is 1. The second-order valence-electron chi connectivity index (χ2n) is 3.51. The highest BCUT2D eigenvalue weighted by atomic mass is 79.9. The van der Waals surface area contributed by atoms with E-state index >= 15 is 0 Å². The van der Waals surface area contributed by atoms with Crippen molar-refractivity contribution in [3.8, 4) is 0 Å². The number of carbonyl (C=O) groups is 1. The third-order valence-corrected chi connectivity index (χ3v) is 3.81. The van der Waals surface area contributed by atoms with Crippen LogP contribution in [0.4, 0.5) is 4.39 Å². The second-order valence-corrected chi connectivity index (χ2v) is 5.54. The fourth-order valence-corrected chi connectivity index (χ4v) is 2.43. The highest BCUT2D eigenvalue weighted by Crippen LogP contribution is 2.30. The molecule has 0 fully saturated rings. The summed E-state index contributed by atoms with van der Waals surface area (Å²) in [5.41, 5.74) is -0.0485. The van der Waals surface area contributed by atoms with Crippen molar-refractivity contribution in [3.05, 3.63) is 58.3 Å². The van der Waals surface area contributed by atoms with E-state index in [-0.39, 0.29) is 5.56 Å². The van der Waals surface area contributed by atoms with Gasteiger partial charge in [-0.1, -0.05) is 27.7 Å². The van der Waals surface area contributed by atoms with Crippen molar-refractivity contribution in [1.82, 2.24) is 0 Å². The van der Waals surface area contributed by atoms with Crippen LogP contribution in [0.5, 0.6) is 0 Å². The van der Waals surface area contributed by atoms with Gasteiger partial charge in [-0.05, 0) is 42.5 Å². The molecular weight excluding hydrogens is 319 g/mol. The van der Waals surface area contributed by atoms with Crippen LogP contribution < -0.4 is 0 Å². The summed E-state index contributed by atoms with van der Waals surface area (Å²) in [7, 11) is 0. The van der Waals surface area contributed by atoms with Crippen molar-refractivity contribution in [2.45, 2.75) is 9.79 Å². The summed E-state index contributed by atoms with van der Waals surface area (Å²) in [6.07, 6.45) is 0. The number of benzene rings is 2. The van der Waals surface area contributed by atoms with E-state index in [0.717, 1.165) is 15.4 Å². The van der Waals surface area contributed by atoms with E-state index in [9.17, 15) is 9.18 Å². The number of halogens is 2. The lowest BCUT2D eigenvalue weighted by molar-refractivity contribution is 0.0696. The molecular formula is C13H8BrFO2S. The molecule has 0 amide bonds. The lowest BCUT2D eigenvalue weighted by Gasteiger charge is -2.04. The van der Waals surface area contributed by atoms with Gasteiger partial charge in [0, 0.05) is 14.3 Å². The number of carboxylic acids is 1. The summed E-state index contributed by atoms with van der Waals surface area (Å²) in [5, 5.41) is 8.74. The Morgan fingerprint density at radius 3 is 2.39 bits per heavy atom. The van der Waals surface area contributed by atoms with E-state index in [0.29, 0.717) is 4.90 Å². The van der Waals surface area contributed by atoms with Crippen molar-refractivity contribution >= 4 is 33.7 Å². The molecule has 0 aromatic heterocycles. The highest BCUT2D eigenvalue weighted by molar-refractivity contribution is 9.10. The first-order chi connectivity index (χ1) is 8.56. The molecule has 0 heterocycles. The minimum absolute atomic E-state index is 0.0485. The molecule has 0 radical (unpaired) electrons. The van der Waals surface area contributed by atoms with Crippen LogP contribution in [-0.2, 0) is 0 Å². The van der Waals surface area contributed by atoms with Crippen LogP contribution in [0.1, 0.15) is 10.4 Å². The molecule has 0 atom stereocenters. The lowest BCUT2D eigenvalue weighted by atomic mass is 10.2. The molecule has 0 saturated heterocycles. The Balaban J connectivity index is 2.24. The van der Waals surface area contributed by atoms with Crippen LogP contribution in [0.25, 0.3) is 0 Å². The minimum atomic E-state index is -1.13. The summed E-state index contributed by atoms with van der Waals surface area (Å²) in [5.74, 6) is -1.66. The van der Waals surface area contributed by atoms with Gasteiger partial charge in [-0.2, -0.15) is 0 Å². The first-order valence-corrected chi connectivity index (χ1v) is 6.63. The van der Waals surface area contributed by atoms with E-state index in [1.165, 1.54) is 23.9 Å². The third kappa shape index (κ3) is 3.11. The van der Waals surface area contributed by atoms with Crippen molar-refractivity contribution in [3.63, 3.8) is 0 Å². The largest absolute Gasteiger partial charge is 0.478 e. The molecule has 1 N–H and O–H groups in total. The number of aromatic carboxylic acids is 1. The summed E-state index contributed by atoms with van der Waals surface area (Å²) >= 11 is 4.58. The first-order valence-electron chi connectivity index (χ1n) is 5.02. The first kappa shape index (κ1) is 13.1. The predicted octanol–water partition coefficient (Wildman–Crippen LogP) is 4.44. The summed E-state index contributed by atoms with van der Waals surface area (Å²) in [4.78, 5) is 12.0. The average molecular weight is 327 g/mol. The van der Waals surface area contributed by atoms with Crippen LogP contribution in [0.3, 0.4) is 0 Å². The molecule has 2 aromatic rings. The maximum absolute atomic E-state index is 13.7. The van der Waals surface area contributed by atoms with Gasteiger partial charge in [0.2, 0.25) is 0 Å². The zero-order valence-electron chi connectivity index (χ0n) is 9.06. The summed E-state index contributed by atoms with van der Waals surface area (Å²) < 4.78 is 14.6. The quantitative estimate of drug-likeness (QED) is 0.906. The normalized spacial score (nSPS) is 10.3. The van der Waals surface area contributed by atoms with Crippen LogP contribution in [0.2, 0.25) is 0 Å². The van der Waals surface area contributed by atoms with E-state index in [4.69, 9.17) is 5.11 Å². The Morgan fingerprint density at radius 1 is 1.17 bits per heavy atom. The van der Waals surface area contributed by atoms with Gasteiger partial charge in [-0.15, -0.1) is 0 Å². The zero-order valence-corrected chi connectivity index (χ0v) is 11.5. The monoisotopic (exact) mass is 326 g/mol. The molecule has 0 bridgehead atoms. The molecule has 18 heavy (non-hydrogen) atoms. The van der Waals surface area contributed by atoms with E-state index < -0.39 is 11.8 Å². The van der Waals surface area contributed by atoms with Gasteiger partial charge >= 0.3 is 5.97 Å². The van der Waals surface area contributed by atoms with Crippen LogP contribution in [0.15, 0.2) is 56.7 Å². The highest BCUT2D eigenvalue weighted by Gasteiger charge is 2.09. The predicted molar refractivity (Wildman–Crippen MR) is 71.6 cm³/mol. The van der Waals surface area contributed by atoms with Gasteiger partial charge in [0.1, 0.15) is 5.82 Å². The topological polar surface area (TPSA) is 37.3 Å². The molecule has 0 unspecified atom stereocenters. The Hall–Kier alpha value is -1.33. The Morgan fingerprint density at radius 2 is 1.83 bits per heavy atom. The maximum Gasteiger partial charge on any atom is 0.335 e. The van der Waals surface area contributed by atoms with E-state index in [1.807, 2.05) is 24.3 Å². The smallest absolute Gasteiger partial charge is 0.335 e. The summed E-state index contributed by atoms with van der Waals surface area (Å²) in [6, 6.07) is 11.4. The van der Waals surface area contributed by atoms with Gasteiger partial charge in [-0.25, -0.2) is 9.18 Å².